The molecule has 10 heteroatoms. The van der Waals surface area contributed by atoms with Crippen molar-refractivity contribution in [2.45, 2.75) is 32.3 Å². The van der Waals surface area contributed by atoms with Gasteiger partial charge in [0.05, 0.1) is 25.0 Å². The largest absolute Gasteiger partial charge is 0.494 e. The van der Waals surface area contributed by atoms with Crippen LogP contribution in [0.25, 0.3) is 11.4 Å². The van der Waals surface area contributed by atoms with Crippen molar-refractivity contribution in [2.24, 2.45) is 7.05 Å². The first kappa shape index (κ1) is 23.8. The van der Waals surface area contributed by atoms with Gasteiger partial charge >= 0.3 is 5.97 Å². The molecule has 0 atom stereocenters. The van der Waals surface area contributed by atoms with E-state index in [0.29, 0.717) is 34.6 Å². The summed E-state index contributed by atoms with van der Waals surface area (Å²) in [4.78, 5) is 25.8. The van der Waals surface area contributed by atoms with Gasteiger partial charge in [0.2, 0.25) is 5.91 Å². The van der Waals surface area contributed by atoms with Crippen molar-refractivity contribution in [3.8, 4) is 17.1 Å². The molecule has 0 bridgehead atoms. The van der Waals surface area contributed by atoms with E-state index in [1.165, 1.54) is 30.2 Å². The van der Waals surface area contributed by atoms with Crippen molar-refractivity contribution in [3.05, 3.63) is 40.3 Å². The van der Waals surface area contributed by atoms with E-state index >= 15 is 0 Å². The molecule has 1 N–H and O–H groups in total. The average molecular weight is 475 g/mol. The second-order valence-electron chi connectivity index (χ2n) is 6.85. The Kier molecular flexibility index (Phi) is 7.92. The molecule has 0 aliphatic carbocycles. The van der Waals surface area contributed by atoms with E-state index in [2.05, 4.69) is 15.5 Å². The molecule has 8 nitrogen and oxygen atoms in total. The lowest BCUT2D eigenvalue weighted by atomic mass is 10.1. The normalized spacial score (nSPS) is 10.8. The van der Waals surface area contributed by atoms with Gasteiger partial charge in [-0.15, -0.1) is 21.5 Å². The van der Waals surface area contributed by atoms with E-state index in [0.717, 1.165) is 21.8 Å². The number of hydrogen-bond donors (Lipinski definition) is 1. The van der Waals surface area contributed by atoms with E-state index in [9.17, 15) is 9.59 Å². The molecule has 32 heavy (non-hydrogen) atoms. The van der Waals surface area contributed by atoms with Crippen LogP contribution in [0.3, 0.4) is 0 Å². The lowest BCUT2D eigenvalue weighted by Gasteiger charge is -2.07. The van der Waals surface area contributed by atoms with Gasteiger partial charge in [0.15, 0.2) is 11.0 Å². The fourth-order valence-corrected chi connectivity index (χ4v) is 5.12. The van der Waals surface area contributed by atoms with Crippen LogP contribution in [0, 0.1) is 6.92 Å². The highest BCUT2D eigenvalue weighted by atomic mass is 32.2. The zero-order chi connectivity index (χ0) is 23.3. The van der Waals surface area contributed by atoms with Crippen LogP contribution < -0.4 is 10.1 Å². The van der Waals surface area contributed by atoms with Gasteiger partial charge in [-0.05, 0) is 50.1 Å². The number of aryl methyl sites for hydroxylation is 1. The smallest absolute Gasteiger partial charge is 0.341 e. The number of thioether (sulfide) groups is 1. The Morgan fingerprint density at radius 3 is 2.53 bits per heavy atom. The fraction of sp³-hybridized carbons (Fsp3) is 0.364. The molecule has 0 saturated heterocycles. The molecule has 0 unspecified atom stereocenters. The summed E-state index contributed by atoms with van der Waals surface area (Å²) >= 11 is 2.66. The minimum absolute atomic E-state index is 0.133. The summed E-state index contributed by atoms with van der Waals surface area (Å²) in [6.45, 7) is 6.45. The Balaban J connectivity index is 1.68. The summed E-state index contributed by atoms with van der Waals surface area (Å²) in [7, 11) is 3.20. The van der Waals surface area contributed by atoms with Crippen molar-refractivity contribution in [1.82, 2.24) is 14.8 Å². The molecule has 1 amide bonds. The van der Waals surface area contributed by atoms with Crippen molar-refractivity contribution < 1.29 is 19.1 Å². The Labute approximate surface area is 195 Å². The number of anilines is 1. The monoisotopic (exact) mass is 474 g/mol. The van der Waals surface area contributed by atoms with Crippen LogP contribution in [-0.2, 0) is 23.0 Å². The summed E-state index contributed by atoms with van der Waals surface area (Å²) < 4.78 is 12.2. The predicted octanol–water partition coefficient (Wildman–Crippen LogP) is 4.33. The molecular formula is C22H26N4O4S2. The first-order chi connectivity index (χ1) is 15.4. The Hall–Kier alpha value is -2.85. The van der Waals surface area contributed by atoms with E-state index in [1.807, 2.05) is 56.7 Å². The van der Waals surface area contributed by atoms with Gasteiger partial charge in [-0.25, -0.2) is 4.79 Å². The highest BCUT2D eigenvalue weighted by Gasteiger charge is 2.23. The van der Waals surface area contributed by atoms with Crippen LogP contribution >= 0.6 is 23.1 Å². The van der Waals surface area contributed by atoms with Crippen molar-refractivity contribution in [1.29, 1.82) is 0 Å². The molecule has 2 heterocycles. The molecule has 3 aromatic rings. The maximum atomic E-state index is 12.6. The van der Waals surface area contributed by atoms with Crippen LogP contribution in [0.2, 0.25) is 0 Å². The molecule has 3 rings (SSSR count). The number of esters is 1. The van der Waals surface area contributed by atoms with E-state index in [4.69, 9.17) is 9.47 Å². The molecule has 0 fully saturated rings. The molecule has 170 valence electrons. The number of ether oxygens (including phenoxy) is 2. The third-order valence-electron chi connectivity index (χ3n) is 4.80. The number of hydrogen-bond acceptors (Lipinski definition) is 8. The van der Waals surface area contributed by atoms with Crippen LogP contribution in [0.4, 0.5) is 5.00 Å². The minimum atomic E-state index is -0.442. The van der Waals surface area contributed by atoms with Crippen molar-refractivity contribution in [2.75, 3.05) is 24.8 Å². The van der Waals surface area contributed by atoms with Gasteiger partial charge in [-0.2, -0.15) is 0 Å². The maximum absolute atomic E-state index is 12.6. The first-order valence-corrected chi connectivity index (χ1v) is 12.0. The van der Waals surface area contributed by atoms with Gasteiger partial charge < -0.3 is 19.4 Å². The Morgan fingerprint density at radius 2 is 1.91 bits per heavy atom. The fourth-order valence-electron chi connectivity index (χ4n) is 3.26. The number of carbonyl (C=O) groups excluding carboxylic acids is 2. The topological polar surface area (TPSA) is 95.3 Å². The standard InChI is InChI=1S/C22H26N4O4S2/c1-6-16-13(3)32-20(18(16)21(28)29-5)23-17(27)12-31-22-25-24-19(26(22)4)14-8-10-15(11-9-14)30-7-2/h8-11H,6-7,12H2,1-5H3,(H,23,27). The molecule has 0 aliphatic heterocycles. The summed E-state index contributed by atoms with van der Waals surface area (Å²) in [6, 6.07) is 7.63. The number of amides is 1. The highest BCUT2D eigenvalue weighted by molar-refractivity contribution is 7.99. The van der Waals surface area contributed by atoms with Crippen LogP contribution in [0.1, 0.15) is 34.6 Å². The second kappa shape index (κ2) is 10.6. The Morgan fingerprint density at radius 1 is 1.19 bits per heavy atom. The number of aromatic nitrogens is 3. The molecule has 0 spiro atoms. The van der Waals surface area contributed by atoms with Gasteiger partial charge in [-0.3, -0.25) is 4.79 Å². The van der Waals surface area contributed by atoms with Gasteiger partial charge in [-0.1, -0.05) is 18.7 Å². The van der Waals surface area contributed by atoms with E-state index in [-0.39, 0.29) is 11.7 Å². The number of rotatable bonds is 9. The molecule has 0 saturated carbocycles. The number of methoxy groups -OCH3 is 1. The van der Waals surface area contributed by atoms with E-state index < -0.39 is 5.97 Å². The summed E-state index contributed by atoms with van der Waals surface area (Å²) in [5, 5.41) is 12.5. The predicted molar refractivity (Wildman–Crippen MR) is 127 cm³/mol. The SMILES string of the molecule is CCOc1ccc(-c2nnc(SCC(=O)Nc3sc(C)c(CC)c3C(=O)OC)n2C)cc1. The number of benzene rings is 1. The summed E-state index contributed by atoms with van der Waals surface area (Å²) in [5.74, 6) is 0.961. The first-order valence-electron chi connectivity index (χ1n) is 10.1. The zero-order valence-corrected chi connectivity index (χ0v) is 20.4. The molecule has 1 aromatic carbocycles. The summed E-state index contributed by atoms with van der Waals surface area (Å²) in [6.07, 6.45) is 0.685. The van der Waals surface area contributed by atoms with Gasteiger partial charge in [0.1, 0.15) is 10.8 Å². The number of nitrogens with zero attached hydrogens (tertiary/aromatic N) is 3. The third kappa shape index (κ3) is 5.13. The van der Waals surface area contributed by atoms with Crippen molar-refractivity contribution in [3.63, 3.8) is 0 Å². The number of nitrogens with one attached hydrogen (secondary N) is 1. The second-order valence-corrected chi connectivity index (χ2v) is 9.01. The third-order valence-corrected chi connectivity index (χ3v) is 6.88. The molecule has 0 aliphatic rings. The zero-order valence-electron chi connectivity index (χ0n) is 18.7. The van der Waals surface area contributed by atoms with Crippen LogP contribution in [0.15, 0.2) is 29.4 Å². The van der Waals surface area contributed by atoms with Gasteiger partial charge in [0.25, 0.3) is 0 Å². The lowest BCUT2D eigenvalue weighted by Crippen LogP contribution is -2.16. The molecule has 0 radical (unpaired) electrons. The molecule has 2 aromatic heterocycles. The quantitative estimate of drug-likeness (QED) is 0.364. The van der Waals surface area contributed by atoms with Crippen LogP contribution in [-0.4, -0.2) is 46.1 Å². The highest BCUT2D eigenvalue weighted by Crippen LogP contribution is 2.34. The van der Waals surface area contributed by atoms with Crippen LogP contribution in [0.5, 0.6) is 5.75 Å². The van der Waals surface area contributed by atoms with Crippen molar-refractivity contribution >= 4 is 40.0 Å². The van der Waals surface area contributed by atoms with E-state index in [1.54, 1.807) is 0 Å². The molecular weight excluding hydrogens is 448 g/mol. The number of carbonyl (C=O) groups is 2. The lowest BCUT2D eigenvalue weighted by molar-refractivity contribution is -0.113. The minimum Gasteiger partial charge on any atom is -0.494 e. The van der Waals surface area contributed by atoms with Gasteiger partial charge in [0, 0.05) is 17.5 Å². The number of thiophene rings is 1. The summed E-state index contributed by atoms with van der Waals surface area (Å²) in [5.41, 5.74) is 2.24. The Bertz CT molecular complexity index is 1110. The maximum Gasteiger partial charge on any atom is 0.341 e. The average Bonchev–Trinajstić information content (AvgIpc) is 3.31.